The van der Waals surface area contributed by atoms with Crippen LogP contribution in [0, 0.1) is 0 Å². The van der Waals surface area contributed by atoms with Gasteiger partial charge in [0.05, 0.1) is 24.9 Å². The fourth-order valence-electron chi connectivity index (χ4n) is 3.00. The van der Waals surface area contributed by atoms with E-state index in [1.807, 2.05) is 13.8 Å². The summed E-state index contributed by atoms with van der Waals surface area (Å²) in [6.07, 6.45) is 4.69. The number of hydrogen-bond donors (Lipinski definition) is 0. The van der Waals surface area contributed by atoms with E-state index in [2.05, 4.69) is 6.92 Å². The van der Waals surface area contributed by atoms with Crippen molar-refractivity contribution in [2.45, 2.75) is 83.8 Å². The van der Waals surface area contributed by atoms with Crippen LogP contribution in [0.25, 0.3) is 0 Å². The Hall–Kier alpha value is -0.240. The highest BCUT2D eigenvalue weighted by molar-refractivity contribution is 4.64. The number of hydrogen-bond acceptors (Lipinski definition) is 6. The van der Waals surface area contributed by atoms with Crippen LogP contribution in [0.1, 0.15) is 52.9 Å². The van der Waals surface area contributed by atoms with Gasteiger partial charge in [0.1, 0.15) is 0 Å². The quantitative estimate of drug-likeness (QED) is 0.567. The molecule has 0 aromatic rings. The lowest BCUT2D eigenvalue weighted by molar-refractivity contribution is -0.227. The van der Waals surface area contributed by atoms with Gasteiger partial charge in [0.15, 0.2) is 12.6 Å². The van der Waals surface area contributed by atoms with Crippen molar-refractivity contribution in [1.82, 2.24) is 0 Å². The lowest BCUT2D eigenvalue weighted by Gasteiger charge is -2.29. The zero-order valence-corrected chi connectivity index (χ0v) is 15.4. The molecule has 0 saturated carbocycles. The monoisotopic (exact) mass is 346 g/mol. The zero-order chi connectivity index (χ0) is 17.2. The minimum absolute atomic E-state index is 0.0144. The van der Waals surface area contributed by atoms with Gasteiger partial charge in [-0.3, -0.25) is 0 Å². The third-order valence-corrected chi connectivity index (χ3v) is 4.46. The molecule has 0 aromatic heterocycles. The summed E-state index contributed by atoms with van der Waals surface area (Å²) in [7, 11) is 0. The van der Waals surface area contributed by atoms with Crippen LogP contribution in [0.5, 0.6) is 0 Å². The first-order chi connectivity index (χ1) is 11.7. The molecule has 2 aliphatic rings. The number of rotatable bonds is 10. The highest BCUT2D eigenvalue weighted by Crippen LogP contribution is 2.16. The molecular formula is C18H34O6. The summed E-state index contributed by atoms with van der Waals surface area (Å²) < 4.78 is 34.4. The van der Waals surface area contributed by atoms with E-state index < -0.39 is 0 Å². The first-order valence-corrected chi connectivity index (χ1v) is 9.40. The van der Waals surface area contributed by atoms with Crippen molar-refractivity contribution in [2.75, 3.05) is 33.0 Å². The molecular weight excluding hydrogens is 312 g/mol. The van der Waals surface area contributed by atoms with Gasteiger partial charge in [-0.15, -0.1) is 0 Å². The number of ether oxygens (including phenoxy) is 6. The molecule has 3 atom stereocenters. The molecule has 2 rings (SSSR count). The van der Waals surface area contributed by atoms with Gasteiger partial charge in [-0.25, -0.2) is 0 Å². The first kappa shape index (κ1) is 20.1. The van der Waals surface area contributed by atoms with E-state index in [1.165, 1.54) is 0 Å². The molecule has 0 N–H and O–H groups in total. The van der Waals surface area contributed by atoms with E-state index in [1.54, 1.807) is 0 Å². The van der Waals surface area contributed by atoms with Gasteiger partial charge in [0, 0.05) is 26.4 Å². The van der Waals surface area contributed by atoms with Crippen molar-refractivity contribution in [2.24, 2.45) is 0 Å². The SMILES string of the molecule is CCC(COC(C)OC1CCOCC1)OC(C)OC1CCOCC1. The third-order valence-electron chi connectivity index (χ3n) is 4.46. The highest BCUT2D eigenvalue weighted by atomic mass is 16.7. The normalized spacial score (nSPS) is 24.6. The van der Waals surface area contributed by atoms with E-state index in [4.69, 9.17) is 28.4 Å². The van der Waals surface area contributed by atoms with Crippen LogP contribution in [-0.2, 0) is 28.4 Å². The van der Waals surface area contributed by atoms with Gasteiger partial charge in [-0.2, -0.15) is 0 Å². The highest BCUT2D eigenvalue weighted by Gasteiger charge is 2.21. The summed E-state index contributed by atoms with van der Waals surface area (Å²) in [5, 5.41) is 0. The standard InChI is InChI=1S/C18H34O6/c1-4-16(23-15(3)24-18-7-11-20-12-8-18)13-21-14(2)22-17-5-9-19-10-6-17/h14-18H,4-13H2,1-3H3. The van der Waals surface area contributed by atoms with Crippen LogP contribution in [0.15, 0.2) is 0 Å². The van der Waals surface area contributed by atoms with Gasteiger partial charge in [0.2, 0.25) is 0 Å². The molecule has 2 saturated heterocycles. The molecule has 0 radical (unpaired) electrons. The molecule has 0 aliphatic carbocycles. The van der Waals surface area contributed by atoms with Crippen molar-refractivity contribution >= 4 is 0 Å². The van der Waals surface area contributed by atoms with Gasteiger partial charge < -0.3 is 28.4 Å². The van der Waals surface area contributed by atoms with Gasteiger partial charge in [-0.1, -0.05) is 6.92 Å². The van der Waals surface area contributed by atoms with Crippen LogP contribution in [0.2, 0.25) is 0 Å². The first-order valence-electron chi connectivity index (χ1n) is 9.40. The molecule has 3 unspecified atom stereocenters. The van der Waals surface area contributed by atoms with Crippen LogP contribution < -0.4 is 0 Å². The van der Waals surface area contributed by atoms with Crippen LogP contribution in [0.4, 0.5) is 0 Å². The van der Waals surface area contributed by atoms with Crippen molar-refractivity contribution < 1.29 is 28.4 Å². The summed E-state index contributed by atoms with van der Waals surface area (Å²) in [6, 6.07) is 0. The largest absolute Gasteiger partial charge is 0.381 e. The lowest BCUT2D eigenvalue weighted by Crippen LogP contribution is -2.34. The lowest BCUT2D eigenvalue weighted by atomic mass is 10.1. The smallest absolute Gasteiger partial charge is 0.155 e. The second kappa shape index (κ2) is 11.4. The minimum atomic E-state index is -0.228. The maximum atomic E-state index is 5.98. The molecule has 24 heavy (non-hydrogen) atoms. The molecule has 0 aromatic carbocycles. The summed E-state index contributed by atoms with van der Waals surface area (Å²) in [6.45, 7) is 9.63. The van der Waals surface area contributed by atoms with Crippen LogP contribution in [0.3, 0.4) is 0 Å². The van der Waals surface area contributed by atoms with Crippen molar-refractivity contribution in [1.29, 1.82) is 0 Å². The molecule has 142 valence electrons. The van der Waals surface area contributed by atoms with E-state index in [-0.39, 0.29) is 30.9 Å². The molecule has 0 spiro atoms. The van der Waals surface area contributed by atoms with Crippen molar-refractivity contribution in [3.05, 3.63) is 0 Å². The fourth-order valence-corrected chi connectivity index (χ4v) is 3.00. The average molecular weight is 346 g/mol. The van der Waals surface area contributed by atoms with Crippen molar-refractivity contribution in [3.8, 4) is 0 Å². The third kappa shape index (κ3) is 7.76. The average Bonchev–Trinajstić information content (AvgIpc) is 2.60. The van der Waals surface area contributed by atoms with Gasteiger partial charge >= 0.3 is 0 Å². The zero-order valence-electron chi connectivity index (χ0n) is 15.4. The Labute approximate surface area is 146 Å². The predicted octanol–water partition coefficient (Wildman–Crippen LogP) is 2.88. The second-order valence-corrected chi connectivity index (χ2v) is 6.53. The summed E-state index contributed by atoms with van der Waals surface area (Å²) >= 11 is 0. The van der Waals surface area contributed by atoms with Crippen LogP contribution in [-0.4, -0.2) is 63.9 Å². The maximum Gasteiger partial charge on any atom is 0.155 e. The Kier molecular flexibility index (Phi) is 9.53. The summed E-state index contributed by atoms with van der Waals surface area (Å²) in [5.74, 6) is 0. The Morgan fingerprint density at radius 3 is 1.83 bits per heavy atom. The van der Waals surface area contributed by atoms with Gasteiger partial charge in [0.25, 0.3) is 0 Å². The fraction of sp³-hybridized carbons (Fsp3) is 1.00. The molecule has 2 heterocycles. The van der Waals surface area contributed by atoms with Crippen LogP contribution >= 0.6 is 0 Å². The predicted molar refractivity (Wildman–Crippen MR) is 89.9 cm³/mol. The Bertz CT molecular complexity index is 315. The Morgan fingerprint density at radius 1 is 0.833 bits per heavy atom. The second-order valence-electron chi connectivity index (χ2n) is 6.53. The minimum Gasteiger partial charge on any atom is -0.381 e. The summed E-state index contributed by atoms with van der Waals surface area (Å²) in [5.41, 5.74) is 0. The topological polar surface area (TPSA) is 55.4 Å². The molecule has 0 amide bonds. The van der Waals surface area contributed by atoms with E-state index in [0.29, 0.717) is 6.61 Å². The van der Waals surface area contributed by atoms with E-state index in [0.717, 1.165) is 58.5 Å². The maximum absolute atomic E-state index is 5.98. The molecule has 6 heteroatoms. The van der Waals surface area contributed by atoms with E-state index >= 15 is 0 Å². The van der Waals surface area contributed by atoms with Crippen molar-refractivity contribution in [3.63, 3.8) is 0 Å². The molecule has 2 fully saturated rings. The molecule has 6 nitrogen and oxygen atoms in total. The summed E-state index contributed by atoms with van der Waals surface area (Å²) in [4.78, 5) is 0. The Balaban J connectivity index is 1.61. The Morgan fingerprint density at radius 2 is 1.33 bits per heavy atom. The molecule has 0 bridgehead atoms. The van der Waals surface area contributed by atoms with Gasteiger partial charge in [-0.05, 0) is 46.0 Å². The molecule has 2 aliphatic heterocycles. The van der Waals surface area contributed by atoms with E-state index in [9.17, 15) is 0 Å².